The van der Waals surface area contributed by atoms with Gasteiger partial charge in [0.25, 0.3) is 8.32 Å². The normalized spacial score (nSPS) is 13.3. The molecule has 0 N–H and O–H groups in total. The molecule has 5 nitrogen and oxygen atoms in total. The van der Waals surface area contributed by atoms with Gasteiger partial charge in [0, 0.05) is 14.2 Å². The highest BCUT2D eigenvalue weighted by Gasteiger charge is 2.51. The van der Waals surface area contributed by atoms with Gasteiger partial charge in [-0.05, 0) is 33.5 Å². The Kier molecular flexibility index (Phi) is 10.4. The first-order chi connectivity index (χ1) is 20.2. The first-order valence-electron chi connectivity index (χ1n) is 14.4. The second-order valence-electron chi connectivity index (χ2n) is 11.8. The number of aryl methyl sites for hydroxylation is 1. The van der Waals surface area contributed by atoms with Gasteiger partial charge in [-0.1, -0.05) is 142 Å². The van der Waals surface area contributed by atoms with Crippen molar-refractivity contribution in [3.8, 4) is 0 Å². The molecule has 0 aliphatic carbocycles. The Morgan fingerprint density at radius 1 is 0.786 bits per heavy atom. The SMILES string of the molecule is CO[C@H](CO[Si](c1ccccc1)(c1ccccc1)C(C)(C)C)C(c1ccc(C)cc1)N(C)C(=O)OCc1ccccc1. The lowest BCUT2D eigenvalue weighted by Gasteiger charge is -2.44. The number of carbonyl (C=O) groups excluding carboxylic acids is 1. The summed E-state index contributed by atoms with van der Waals surface area (Å²) in [5, 5.41) is 2.20. The summed E-state index contributed by atoms with van der Waals surface area (Å²) in [7, 11) is 0.635. The zero-order chi connectivity index (χ0) is 30.2. The van der Waals surface area contributed by atoms with Gasteiger partial charge in [-0.25, -0.2) is 4.79 Å². The summed E-state index contributed by atoms with van der Waals surface area (Å²) in [5.41, 5.74) is 3.03. The Hall–Kier alpha value is -3.71. The number of hydrogen-bond donors (Lipinski definition) is 0. The maximum Gasteiger partial charge on any atom is 0.410 e. The molecule has 0 bridgehead atoms. The standard InChI is InChI=1S/C36H43NO4Si/c1-28-22-24-30(25-23-28)34(37(5)35(38)40-26-29-16-10-7-11-17-29)33(39-6)27-41-42(36(2,3)4,31-18-12-8-13-19-31)32-20-14-9-15-21-32/h7-25,33-34H,26-27H2,1-6H3/t33-,34?/m1/s1. The number of nitrogens with zero attached hydrogens (tertiary/aromatic N) is 1. The summed E-state index contributed by atoms with van der Waals surface area (Å²) in [6.45, 7) is 9.30. The summed E-state index contributed by atoms with van der Waals surface area (Å²) < 4.78 is 19.1. The van der Waals surface area contributed by atoms with E-state index in [1.165, 1.54) is 10.4 Å². The Balaban J connectivity index is 1.69. The maximum absolute atomic E-state index is 13.4. The number of rotatable bonds is 11. The molecule has 0 fully saturated rings. The molecular weight excluding hydrogens is 538 g/mol. The molecule has 0 spiro atoms. The van der Waals surface area contributed by atoms with Gasteiger partial charge in [-0.15, -0.1) is 0 Å². The molecule has 0 radical (unpaired) electrons. The highest BCUT2D eigenvalue weighted by molar-refractivity contribution is 6.99. The molecule has 2 atom stereocenters. The predicted octanol–water partition coefficient (Wildman–Crippen LogP) is 6.90. The lowest BCUT2D eigenvalue weighted by molar-refractivity contribution is -0.0108. The Morgan fingerprint density at radius 3 is 1.76 bits per heavy atom. The fraction of sp³-hybridized carbons (Fsp3) is 0.306. The van der Waals surface area contributed by atoms with Crippen molar-refractivity contribution in [3.63, 3.8) is 0 Å². The fourth-order valence-corrected chi connectivity index (χ4v) is 10.2. The minimum Gasteiger partial charge on any atom is -0.445 e. The summed E-state index contributed by atoms with van der Waals surface area (Å²) >= 11 is 0. The summed E-state index contributed by atoms with van der Waals surface area (Å²) in [6.07, 6.45) is -0.874. The van der Waals surface area contributed by atoms with E-state index in [2.05, 4.69) is 100 Å². The van der Waals surface area contributed by atoms with E-state index in [4.69, 9.17) is 13.9 Å². The number of hydrogen-bond acceptors (Lipinski definition) is 4. The molecule has 6 heteroatoms. The minimum atomic E-state index is -2.82. The van der Waals surface area contributed by atoms with Gasteiger partial charge in [0.15, 0.2) is 0 Å². The van der Waals surface area contributed by atoms with Crippen LogP contribution in [0.15, 0.2) is 115 Å². The zero-order valence-corrected chi connectivity index (χ0v) is 26.6. The molecule has 4 aromatic carbocycles. The van der Waals surface area contributed by atoms with Crippen LogP contribution in [0.2, 0.25) is 5.04 Å². The molecule has 0 saturated carbocycles. The third-order valence-electron chi connectivity index (χ3n) is 7.87. The van der Waals surface area contributed by atoms with E-state index in [-0.39, 0.29) is 11.6 Å². The van der Waals surface area contributed by atoms with Crippen molar-refractivity contribution < 1.29 is 18.7 Å². The van der Waals surface area contributed by atoms with Crippen LogP contribution in [0.1, 0.15) is 43.5 Å². The molecule has 0 aliphatic heterocycles. The van der Waals surface area contributed by atoms with Gasteiger partial charge in [0.05, 0.1) is 12.6 Å². The molecule has 1 amide bonds. The van der Waals surface area contributed by atoms with Crippen LogP contribution in [-0.2, 0) is 20.5 Å². The first-order valence-corrected chi connectivity index (χ1v) is 16.4. The van der Waals surface area contributed by atoms with Crippen molar-refractivity contribution in [3.05, 3.63) is 132 Å². The number of likely N-dealkylation sites (N-methyl/N-ethyl adjacent to an activating group) is 1. The van der Waals surface area contributed by atoms with Gasteiger partial charge in [-0.3, -0.25) is 0 Å². The molecule has 4 aromatic rings. The van der Waals surface area contributed by atoms with Crippen molar-refractivity contribution in [2.45, 2.75) is 51.5 Å². The maximum atomic E-state index is 13.4. The third-order valence-corrected chi connectivity index (χ3v) is 12.9. The van der Waals surface area contributed by atoms with Crippen molar-refractivity contribution >= 4 is 24.8 Å². The van der Waals surface area contributed by atoms with Crippen molar-refractivity contribution in [1.82, 2.24) is 4.90 Å². The van der Waals surface area contributed by atoms with E-state index < -0.39 is 26.6 Å². The van der Waals surface area contributed by atoms with E-state index >= 15 is 0 Å². The molecule has 0 heterocycles. The predicted molar refractivity (Wildman–Crippen MR) is 173 cm³/mol. The molecule has 0 aliphatic rings. The van der Waals surface area contributed by atoms with Crippen molar-refractivity contribution in [2.24, 2.45) is 0 Å². The Morgan fingerprint density at radius 2 is 1.29 bits per heavy atom. The van der Waals surface area contributed by atoms with Crippen LogP contribution >= 0.6 is 0 Å². The monoisotopic (exact) mass is 581 g/mol. The largest absolute Gasteiger partial charge is 0.445 e. The molecule has 220 valence electrons. The van der Waals surface area contributed by atoms with Gasteiger partial charge < -0.3 is 18.8 Å². The van der Waals surface area contributed by atoms with E-state index in [9.17, 15) is 4.79 Å². The second-order valence-corrected chi connectivity index (χ2v) is 16.1. The smallest absolute Gasteiger partial charge is 0.410 e. The van der Waals surface area contributed by atoms with Crippen LogP contribution < -0.4 is 10.4 Å². The number of carbonyl (C=O) groups is 1. The molecule has 4 rings (SSSR count). The number of methoxy groups -OCH3 is 1. The van der Waals surface area contributed by atoms with Gasteiger partial charge in [0.2, 0.25) is 0 Å². The minimum absolute atomic E-state index is 0.187. The van der Waals surface area contributed by atoms with Crippen LogP contribution in [-0.4, -0.2) is 46.2 Å². The van der Waals surface area contributed by atoms with Crippen LogP contribution in [0.5, 0.6) is 0 Å². The number of amides is 1. The topological polar surface area (TPSA) is 48.0 Å². The van der Waals surface area contributed by atoms with Crippen LogP contribution in [0, 0.1) is 6.92 Å². The van der Waals surface area contributed by atoms with Crippen molar-refractivity contribution in [2.75, 3.05) is 20.8 Å². The van der Waals surface area contributed by atoms with E-state index in [1.54, 1.807) is 19.1 Å². The molecule has 42 heavy (non-hydrogen) atoms. The van der Waals surface area contributed by atoms with Gasteiger partial charge >= 0.3 is 6.09 Å². The molecule has 1 unspecified atom stereocenters. The highest BCUT2D eigenvalue weighted by atomic mass is 28.4. The average molecular weight is 582 g/mol. The van der Waals surface area contributed by atoms with Gasteiger partial charge in [0.1, 0.15) is 12.7 Å². The average Bonchev–Trinajstić information content (AvgIpc) is 3.01. The van der Waals surface area contributed by atoms with Crippen LogP contribution in [0.3, 0.4) is 0 Å². The first kappa shape index (κ1) is 31.2. The van der Waals surface area contributed by atoms with Crippen LogP contribution in [0.25, 0.3) is 0 Å². The number of ether oxygens (including phenoxy) is 2. The fourth-order valence-electron chi connectivity index (χ4n) is 5.64. The van der Waals surface area contributed by atoms with E-state index in [0.717, 1.165) is 16.7 Å². The second kappa shape index (κ2) is 14.0. The number of benzene rings is 4. The zero-order valence-electron chi connectivity index (χ0n) is 25.6. The summed E-state index contributed by atoms with van der Waals surface area (Å²) in [6, 6.07) is 38.6. The van der Waals surface area contributed by atoms with Crippen LogP contribution in [0.4, 0.5) is 4.79 Å². The molecule has 0 aromatic heterocycles. The highest BCUT2D eigenvalue weighted by Crippen LogP contribution is 2.38. The summed E-state index contributed by atoms with van der Waals surface area (Å²) in [4.78, 5) is 15.1. The quantitative estimate of drug-likeness (QED) is 0.181. The van der Waals surface area contributed by atoms with Crippen molar-refractivity contribution in [1.29, 1.82) is 0 Å². The summed E-state index contributed by atoms with van der Waals surface area (Å²) in [5.74, 6) is 0. The Bertz CT molecular complexity index is 1350. The Labute approximate surface area is 252 Å². The molecule has 0 saturated heterocycles. The van der Waals surface area contributed by atoms with E-state index in [0.29, 0.717) is 6.61 Å². The molecular formula is C36H43NO4Si. The van der Waals surface area contributed by atoms with Gasteiger partial charge in [-0.2, -0.15) is 0 Å². The third kappa shape index (κ3) is 7.01. The lowest BCUT2D eigenvalue weighted by atomic mass is 9.99. The lowest BCUT2D eigenvalue weighted by Crippen LogP contribution is -2.67. The van der Waals surface area contributed by atoms with E-state index in [1.807, 2.05) is 42.5 Å².